The van der Waals surface area contributed by atoms with Crippen LogP contribution in [0.2, 0.25) is 0 Å². The van der Waals surface area contributed by atoms with E-state index in [0.717, 1.165) is 35.1 Å². The van der Waals surface area contributed by atoms with Gasteiger partial charge in [-0.1, -0.05) is 31.2 Å². The lowest BCUT2D eigenvalue weighted by molar-refractivity contribution is -0.113. The molecule has 3 rings (SSSR count). The lowest BCUT2D eigenvalue weighted by atomic mass is 9.81. The summed E-state index contributed by atoms with van der Waals surface area (Å²) in [7, 11) is 0. The van der Waals surface area contributed by atoms with Crippen LogP contribution in [0.1, 0.15) is 30.9 Å². The van der Waals surface area contributed by atoms with Gasteiger partial charge in [0.25, 0.3) is 0 Å². The summed E-state index contributed by atoms with van der Waals surface area (Å²) in [6.07, 6.45) is 5.32. The highest BCUT2D eigenvalue weighted by molar-refractivity contribution is 6.14. The van der Waals surface area contributed by atoms with Crippen molar-refractivity contribution in [3.8, 4) is 11.5 Å². The summed E-state index contributed by atoms with van der Waals surface area (Å²) in [6.45, 7) is 2.14. The monoisotopic (exact) mass is 320 g/mol. The lowest BCUT2D eigenvalue weighted by Gasteiger charge is -2.22. The van der Waals surface area contributed by atoms with Gasteiger partial charge in [-0.3, -0.25) is 4.79 Å². The fourth-order valence-corrected chi connectivity index (χ4v) is 3.01. The summed E-state index contributed by atoms with van der Waals surface area (Å²) >= 11 is 0. The van der Waals surface area contributed by atoms with E-state index in [4.69, 9.17) is 0 Å². The molecule has 0 aromatic heterocycles. The van der Waals surface area contributed by atoms with E-state index in [2.05, 4.69) is 6.92 Å². The number of phenols is 2. The van der Waals surface area contributed by atoms with Gasteiger partial charge in [0.15, 0.2) is 5.78 Å². The Bertz CT molecular complexity index is 728. The highest BCUT2D eigenvalue weighted by Gasteiger charge is 2.25. The molecule has 24 heavy (non-hydrogen) atoms. The van der Waals surface area contributed by atoms with Crippen molar-refractivity contribution >= 4 is 17.9 Å². The summed E-state index contributed by atoms with van der Waals surface area (Å²) in [6, 6.07) is 13.7. The van der Waals surface area contributed by atoms with Gasteiger partial charge in [-0.05, 0) is 66.3 Å². The second-order valence-electron chi connectivity index (χ2n) is 6.36. The van der Waals surface area contributed by atoms with Crippen molar-refractivity contribution in [2.75, 3.05) is 0 Å². The first-order valence-corrected chi connectivity index (χ1v) is 8.05. The number of Topliss-reactive ketones (excluding diaryl/α,β-unsaturated/α-hetero) is 1. The van der Waals surface area contributed by atoms with Crippen molar-refractivity contribution in [2.24, 2.45) is 5.92 Å². The van der Waals surface area contributed by atoms with Crippen LogP contribution in [0, 0.1) is 5.92 Å². The number of hydrogen-bond acceptors (Lipinski definition) is 3. The Labute approximate surface area is 141 Å². The first-order chi connectivity index (χ1) is 11.5. The zero-order chi connectivity index (χ0) is 17.1. The first-order valence-electron chi connectivity index (χ1n) is 8.05. The van der Waals surface area contributed by atoms with Crippen LogP contribution in [0.15, 0.2) is 59.7 Å². The van der Waals surface area contributed by atoms with Gasteiger partial charge >= 0.3 is 0 Å². The highest BCUT2D eigenvalue weighted by Crippen LogP contribution is 2.32. The third-order valence-corrected chi connectivity index (χ3v) is 4.19. The maximum atomic E-state index is 12.8. The van der Waals surface area contributed by atoms with Gasteiger partial charge < -0.3 is 10.2 Å². The molecule has 3 heteroatoms. The van der Waals surface area contributed by atoms with Gasteiger partial charge in [-0.2, -0.15) is 0 Å². The second kappa shape index (κ2) is 6.75. The van der Waals surface area contributed by atoms with Crippen LogP contribution in [0.3, 0.4) is 0 Å². The number of rotatable bonds is 2. The third kappa shape index (κ3) is 3.74. The molecule has 1 aliphatic carbocycles. The van der Waals surface area contributed by atoms with Crippen LogP contribution in [0.4, 0.5) is 0 Å². The molecule has 122 valence electrons. The lowest BCUT2D eigenvalue weighted by Crippen LogP contribution is -2.18. The van der Waals surface area contributed by atoms with Crippen molar-refractivity contribution < 1.29 is 15.0 Å². The van der Waals surface area contributed by atoms with Gasteiger partial charge in [0, 0.05) is 11.1 Å². The van der Waals surface area contributed by atoms with E-state index in [0.29, 0.717) is 5.92 Å². The molecule has 0 atom stereocenters. The van der Waals surface area contributed by atoms with Gasteiger partial charge in [-0.15, -0.1) is 0 Å². The average Bonchev–Trinajstić information content (AvgIpc) is 2.56. The molecular weight excluding hydrogens is 300 g/mol. The molecule has 2 aromatic rings. The molecule has 3 nitrogen and oxygen atoms in total. The number of carbonyl (C=O) groups excluding carboxylic acids is 1. The van der Waals surface area contributed by atoms with Crippen LogP contribution in [-0.4, -0.2) is 16.0 Å². The molecule has 2 N–H and O–H groups in total. The van der Waals surface area contributed by atoms with Crippen molar-refractivity contribution in [3.05, 3.63) is 70.8 Å². The Balaban J connectivity index is 1.90. The Morgan fingerprint density at radius 2 is 1.17 bits per heavy atom. The first kappa shape index (κ1) is 16.1. The molecule has 1 aliphatic rings. The largest absolute Gasteiger partial charge is 0.508 e. The van der Waals surface area contributed by atoms with E-state index in [-0.39, 0.29) is 17.3 Å². The molecule has 0 heterocycles. The van der Waals surface area contributed by atoms with E-state index in [9.17, 15) is 15.0 Å². The van der Waals surface area contributed by atoms with Crippen LogP contribution in [-0.2, 0) is 4.79 Å². The van der Waals surface area contributed by atoms with Gasteiger partial charge in [0.1, 0.15) is 11.5 Å². The Hall–Kier alpha value is -2.81. The minimum absolute atomic E-state index is 0.0780. The molecule has 2 aromatic carbocycles. The molecular formula is C21H20O3. The fraction of sp³-hybridized carbons (Fsp3) is 0.190. The highest BCUT2D eigenvalue weighted by atomic mass is 16.3. The standard InChI is InChI=1S/C21H20O3/c1-14-10-17(12-15-2-6-19(22)7-3-15)21(24)18(11-14)13-16-4-8-20(23)9-5-16/h2-9,12-14,22-23H,10-11H2,1H3/b17-12+,18-13+. The van der Waals surface area contributed by atoms with Crippen molar-refractivity contribution in [2.45, 2.75) is 19.8 Å². The van der Waals surface area contributed by atoms with E-state index in [1.165, 1.54) is 0 Å². The Kier molecular flexibility index (Phi) is 4.52. The quantitative estimate of drug-likeness (QED) is 0.797. The predicted molar refractivity (Wildman–Crippen MR) is 95.6 cm³/mol. The maximum Gasteiger partial charge on any atom is 0.185 e. The summed E-state index contributed by atoms with van der Waals surface area (Å²) in [5, 5.41) is 18.7. The minimum atomic E-state index is 0.0780. The van der Waals surface area contributed by atoms with Gasteiger partial charge in [0.05, 0.1) is 0 Å². The maximum absolute atomic E-state index is 12.8. The Morgan fingerprint density at radius 3 is 1.54 bits per heavy atom. The summed E-state index contributed by atoms with van der Waals surface area (Å²) in [4.78, 5) is 12.8. The molecule has 0 saturated heterocycles. The van der Waals surface area contributed by atoms with Crippen LogP contribution in [0.25, 0.3) is 12.2 Å². The van der Waals surface area contributed by atoms with Crippen molar-refractivity contribution in [3.63, 3.8) is 0 Å². The molecule has 0 unspecified atom stereocenters. The number of aromatic hydroxyl groups is 2. The molecule has 1 saturated carbocycles. The van der Waals surface area contributed by atoms with E-state index in [1.54, 1.807) is 48.5 Å². The van der Waals surface area contributed by atoms with Gasteiger partial charge in [0.2, 0.25) is 0 Å². The van der Waals surface area contributed by atoms with Crippen LogP contribution >= 0.6 is 0 Å². The number of hydrogen-bond donors (Lipinski definition) is 2. The van der Waals surface area contributed by atoms with E-state index in [1.807, 2.05) is 12.2 Å². The number of ketones is 1. The third-order valence-electron chi connectivity index (χ3n) is 4.19. The van der Waals surface area contributed by atoms with Crippen molar-refractivity contribution in [1.29, 1.82) is 0 Å². The normalized spacial score (nSPS) is 21.4. The number of benzene rings is 2. The fourth-order valence-electron chi connectivity index (χ4n) is 3.01. The number of allylic oxidation sites excluding steroid dienone is 2. The van der Waals surface area contributed by atoms with Crippen LogP contribution < -0.4 is 0 Å². The SMILES string of the molecule is CC1C/C(=C\c2ccc(O)cc2)C(=O)/C(=C/c2ccc(O)cc2)C1. The van der Waals surface area contributed by atoms with Crippen molar-refractivity contribution in [1.82, 2.24) is 0 Å². The minimum Gasteiger partial charge on any atom is -0.508 e. The predicted octanol–water partition coefficient (Wildman–Crippen LogP) is 4.56. The molecule has 1 fully saturated rings. The molecule has 0 spiro atoms. The average molecular weight is 320 g/mol. The Morgan fingerprint density at radius 1 is 0.792 bits per heavy atom. The smallest absolute Gasteiger partial charge is 0.185 e. The molecule has 0 bridgehead atoms. The van der Waals surface area contributed by atoms with Gasteiger partial charge in [-0.25, -0.2) is 0 Å². The molecule has 0 aliphatic heterocycles. The van der Waals surface area contributed by atoms with E-state index < -0.39 is 0 Å². The number of phenolic OH excluding ortho intramolecular Hbond substituents is 2. The van der Waals surface area contributed by atoms with Crippen LogP contribution in [0.5, 0.6) is 11.5 Å². The second-order valence-corrected chi connectivity index (χ2v) is 6.36. The van der Waals surface area contributed by atoms with E-state index >= 15 is 0 Å². The molecule has 0 radical (unpaired) electrons. The zero-order valence-electron chi connectivity index (χ0n) is 13.6. The topological polar surface area (TPSA) is 57.5 Å². The summed E-state index contributed by atoms with van der Waals surface area (Å²) in [5.74, 6) is 0.908. The summed E-state index contributed by atoms with van der Waals surface area (Å²) < 4.78 is 0. The number of carbonyl (C=O) groups is 1. The molecule has 0 amide bonds. The summed E-state index contributed by atoms with van der Waals surface area (Å²) in [5.41, 5.74) is 3.41. The zero-order valence-corrected chi connectivity index (χ0v) is 13.6.